The average molecular weight is 265 g/mol. The van der Waals surface area contributed by atoms with Crippen LogP contribution in [0.2, 0.25) is 0 Å². The molecule has 0 fully saturated rings. The van der Waals surface area contributed by atoms with Gasteiger partial charge in [-0.1, -0.05) is 25.5 Å². The van der Waals surface area contributed by atoms with Gasteiger partial charge in [-0.3, -0.25) is 9.36 Å². The lowest BCUT2D eigenvalue weighted by molar-refractivity contribution is -0.144. The zero-order valence-corrected chi connectivity index (χ0v) is 11.0. The fourth-order valence-corrected chi connectivity index (χ4v) is 1.92. The van der Waals surface area contributed by atoms with E-state index in [4.69, 9.17) is 21.4 Å². The topological polar surface area (TPSA) is 44.4 Å². The highest BCUT2D eigenvalue weighted by atomic mass is 32.1. The number of para-hydroxylation sites is 2. The zero-order chi connectivity index (χ0) is 13.0. The maximum Gasteiger partial charge on any atom is 0.326 e. The molecule has 4 nitrogen and oxygen atoms in total. The van der Waals surface area contributed by atoms with Crippen LogP contribution in [0.4, 0.5) is 0 Å². The van der Waals surface area contributed by atoms with Gasteiger partial charge in [0.1, 0.15) is 6.54 Å². The number of nitrogens with zero attached hydrogens (tertiary/aromatic N) is 1. The van der Waals surface area contributed by atoms with Gasteiger partial charge < -0.3 is 9.15 Å². The Kier molecular flexibility index (Phi) is 4.15. The van der Waals surface area contributed by atoms with Gasteiger partial charge in [-0.15, -0.1) is 0 Å². The molecule has 0 saturated carbocycles. The molecule has 0 atom stereocenters. The van der Waals surface area contributed by atoms with Crippen molar-refractivity contribution < 1.29 is 13.9 Å². The molecule has 96 valence electrons. The van der Waals surface area contributed by atoms with Crippen LogP contribution in [0.1, 0.15) is 19.8 Å². The predicted octanol–water partition coefficient (Wildman–Crippen LogP) is 3.31. The van der Waals surface area contributed by atoms with E-state index in [1.165, 1.54) is 0 Å². The highest BCUT2D eigenvalue weighted by Crippen LogP contribution is 2.16. The third-order valence-corrected chi connectivity index (χ3v) is 2.93. The van der Waals surface area contributed by atoms with Crippen molar-refractivity contribution >= 4 is 29.3 Å². The molecule has 0 aliphatic carbocycles. The summed E-state index contributed by atoms with van der Waals surface area (Å²) in [5.41, 5.74) is 1.50. The number of unbranched alkanes of at least 4 members (excludes halogenated alkanes) is 1. The van der Waals surface area contributed by atoms with Crippen LogP contribution in [-0.2, 0) is 16.1 Å². The molecule has 1 aromatic heterocycles. The van der Waals surface area contributed by atoms with E-state index in [-0.39, 0.29) is 12.5 Å². The van der Waals surface area contributed by atoms with Crippen LogP contribution < -0.4 is 0 Å². The van der Waals surface area contributed by atoms with Crippen molar-refractivity contribution in [3.63, 3.8) is 0 Å². The Morgan fingerprint density at radius 3 is 3.00 bits per heavy atom. The van der Waals surface area contributed by atoms with Gasteiger partial charge >= 0.3 is 5.97 Å². The second-order valence-corrected chi connectivity index (χ2v) is 4.35. The summed E-state index contributed by atoms with van der Waals surface area (Å²) in [7, 11) is 0. The lowest BCUT2D eigenvalue weighted by Gasteiger charge is -2.04. The molecule has 1 heterocycles. The van der Waals surface area contributed by atoms with E-state index < -0.39 is 0 Å². The first-order valence-corrected chi connectivity index (χ1v) is 6.37. The molecule has 18 heavy (non-hydrogen) atoms. The van der Waals surface area contributed by atoms with Crippen LogP contribution >= 0.6 is 12.2 Å². The summed E-state index contributed by atoms with van der Waals surface area (Å²) in [6, 6.07) is 7.44. The smallest absolute Gasteiger partial charge is 0.326 e. The standard InChI is InChI=1S/C13H15NO3S/c1-2-3-8-16-12(15)9-14-10-6-4-5-7-11(10)17-13(14)18/h4-7H,2-3,8-9H2,1H3. The first-order valence-electron chi connectivity index (χ1n) is 5.96. The van der Waals surface area contributed by atoms with E-state index in [1.54, 1.807) is 4.57 Å². The molecule has 1 aromatic carbocycles. The number of carbonyl (C=O) groups is 1. The summed E-state index contributed by atoms with van der Waals surface area (Å²) in [4.78, 5) is 11.9. The minimum absolute atomic E-state index is 0.0968. The quantitative estimate of drug-likeness (QED) is 0.472. The van der Waals surface area contributed by atoms with Crippen LogP contribution in [-0.4, -0.2) is 17.1 Å². The third-order valence-electron chi connectivity index (χ3n) is 2.62. The van der Waals surface area contributed by atoms with E-state index in [0.29, 0.717) is 17.0 Å². The molecule has 0 aliphatic rings. The van der Waals surface area contributed by atoms with Crippen molar-refractivity contribution in [1.29, 1.82) is 0 Å². The maximum atomic E-state index is 11.7. The molecular formula is C13H15NO3S. The zero-order valence-electron chi connectivity index (χ0n) is 10.2. The SMILES string of the molecule is CCCCOC(=O)Cn1c(=S)oc2ccccc21. The maximum absolute atomic E-state index is 11.7. The normalized spacial score (nSPS) is 10.7. The molecular weight excluding hydrogens is 250 g/mol. The summed E-state index contributed by atoms with van der Waals surface area (Å²) >= 11 is 5.10. The van der Waals surface area contributed by atoms with Crippen molar-refractivity contribution in [3.05, 3.63) is 29.1 Å². The Balaban J connectivity index is 2.14. The molecule has 0 bridgehead atoms. The summed E-state index contributed by atoms with van der Waals surface area (Å²) in [5.74, 6) is -0.286. The Hall–Kier alpha value is -1.62. The van der Waals surface area contributed by atoms with Crippen LogP contribution in [0.5, 0.6) is 0 Å². The first kappa shape index (κ1) is 12.8. The lowest BCUT2D eigenvalue weighted by Crippen LogP contribution is -2.14. The van der Waals surface area contributed by atoms with Gasteiger partial charge in [0, 0.05) is 0 Å². The average Bonchev–Trinajstić information content (AvgIpc) is 2.67. The van der Waals surface area contributed by atoms with Crippen molar-refractivity contribution in [2.45, 2.75) is 26.3 Å². The van der Waals surface area contributed by atoms with E-state index in [0.717, 1.165) is 18.4 Å². The van der Waals surface area contributed by atoms with E-state index in [2.05, 4.69) is 0 Å². The largest absolute Gasteiger partial charge is 0.464 e. The van der Waals surface area contributed by atoms with Gasteiger partial charge in [0.15, 0.2) is 5.58 Å². The lowest BCUT2D eigenvalue weighted by atomic mass is 10.3. The Labute approximate surface area is 110 Å². The van der Waals surface area contributed by atoms with Gasteiger partial charge in [-0.2, -0.15) is 0 Å². The van der Waals surface area contributed by atoms with Crippen LogP contribution in [0.3, 0.4) is 0 Å². The van der Waals surface area contributed by atoms with Crippen molar-refractivity contribution in [1.82, 2.24) is 4.57 Å². The number of esters is 1. The van der Waals surface area contributed by atoms with E-state index >= 15 is 0 Å². The summed E-state index contributed by atoms with van der Waals surface area (Å²) in [5, 5.41) is 0. The van der Waals surface area contributed by atoms with Crippen LogP contribution in [0, 0.1) is 4.84 Å². The number of oxazole rings is 1. The molecule has 0 amide bonds. The number of aromatic nitrogens is 1. The van der Waals surface area contributed by atoms with Crippen LogP contribution in [0.15, 0.2) is 28.7 Å². The van der Waals surface area contributed by atoms with Gasteiger partial charge in [-0.05, 0) is 30.8 Å². The van der Waals surface area contributed by atoms with Crippen molar-refractivity contribution in [2.24, 2.45) is 0 Å². The fourth-order valence-electron chi connectivity index (χ4n) is 1.67. The predicted molar refractivity (Wildman–Crippen MR) is 70.9 cm³/mol. The Morgan fingerprint density at radius 2 is 2.22 bits per heavy atom. The van der Waals surface area contributed by atoms with Crippen molar-refractivity contribution in [2.75, 3.05) is 6.61 Å². The fraction of sp³-hybridized carbons (Fsp3) is 0.385. The molecule has 0 saturated heterocycles. The second kappa shape index (κ2) is 5.82. The second-order valence-electron chi connectivity index (χ2n) is 4.00. The Morgan fingerprint density at radius 1 is 1.44 bits per heavy atom. The monoisotopic (exact) mass is 265 g/mol. The van der Waals surface area contributed by atoms with Gasteiger partial charge in [0.05, 0.1) is 12.1 Å². The number of hydrogen-bond acceptors (Lipinski definition) is 4. The number of ether oxygens (including phenoxy) is 1. The number of benzene rings is 1. The molecule has 0 aliphatic heterocycles. The number of hydrogen-bond donors (Lipinski definition) is 0. The molecule has 0 spiro atoms. The molecule has 2 rings (SSSR count). The molecule has 0 radical (unpaired) electrons. The minimum atomic E-state index is -0.286. The third kappa shape index (κ3) is 2.79. The van der Waals surface area contributed by atoms with Gasteiger partial charge in [0.2, 0.25) is 0 Å². The van der Waals surface area contributed by atoms with Gasteiger partial charge in [0.25, 0.3) is 4.84 Å². The number of carbonyl (C=O) groups excluding carboxylic acids is 1. The molecule has 5 heteroatoms. The highest BCUT2D eigenvalue weighted by Gasteiger charge is 2.10. The number of rotatable bonds is 5. The van der Waals surface area contributed by atoms with E-state index in [1.807, 2.05) is 31.2 Å². The number of fused-ring (bicyclic) bond motifs is 1. The molecule has 0 unspecified atom stereocenters. The first-order chi connectivity index (χ1) is 8.72. The van der Waals surface area contributed by atoms with Gasteiger partial charge in [-0.25, -0.2) is 0 Å². The molecule has 2 aromatic rings. The highest BCUT2D eigenvalue weighted by molar-refractivity contribution is 7.71. The summed E-state index contributed by atoms with van der Waals surface area (Å²) in [6.07, 6.45) is 1.88. The minimum Gasteiger partial charge on any atom is -0.464 e. The van der Waals surface area contributed by atoms with E-state index in [9.17, 15) is 4.79 Å². The van der Waals surface area contributed by atoms with Crippen LogP contribution in [0.25, 0.3) is 11.1 Å². The summed E-state index contributed by atoms with van der Waals surface area (Å²) in [6.45, 7) is 2.60. The summed E-state index contributed by atoms with van der Waals surface area (Å²) < 4.78 is 12.2. The Bertz CT molecular complexity index is 600. The van der Waals surface area contributed by atoms with Crippen molar-refractivity contribution in [3.8, 4) is 0 Å². The molecule has 0 N–H and O–H groups in total.